The van der Waals surface area contributed by atoms with Gasteiger partial charge in [-0.1, -0.05) is 18.7 Å². The van der Waals surface area contributed by atoms with Crippen molar-refractivity contribution in [1.29, 1.82) is 0 Å². The van der Waals surface area contributed by atoms with Crippen LogP contribution in [0.5, 0.6) is 5.75 Å². The largest absolute Gasteiger partial charge is 0.507 e. The first-order valence-corrected chi connectivity index (χ1v) is 9.65. The van der Waals surface area contributed by atoms with Gasteiger partial charge in [-0.3, -0.25) is 14.6 Å². The predicted octanol–water partition coefficient (Wildman–Crippen LogP) is 3.86. The highest BCUT2D eigenvalue weighted by Gasteiger charge is 2.46. The van der Waals surface area contributed by atoms with E-state index in [4.69, 9.17) is 9.15 Å². The molecule has 4 rings (SSSR count). The number of aliphatic hydroxyl groups excluding tert-OH is 1. The van der Waals surface area contributed by atoms with Gasteiger partial charge in [0.1, 0.15) is 23.9 Å². The van der Waals surface area contributed by atoms with E-state index >= 15 is 0 Å². The quantitative estimate of drug-likeness (QED) is 0.272. The number of nitrogens with zero attached hydrogens (tertiary/aromatic N) is 2. The van der Waals surface area contributed by atoms with Gasteiger partial charge in [0.2, 0.25) is 0 Å². The number of aromatic nitrogens is 1. The van der Waals surface area contributed by atoms with Crippen LogP contribution >= 0.6 is 0 Å². The number of amides is 1. The van der Waals surface area contributed by atoms with Gasteiger partial charge in [-0.2, -0.15) is 0 Å². The smallest absolute Gasteiger partial charge is 0.296 e. The Morgan fingerprint density at radius 3 is 2.65 bits per heavy atom. The number of Topliss-reactive ketones (excluding diaryl/α,β-unsaturated/α-hetero) is 1. The molecule has 1 aliphatic rings. The molecule has 3 heterocycles. The third kappa shape index (κ3) is 3.98. The molecule has 1 saturated heterocycles. The fourth-order valence-corrected chi connectivity index (χ4v) is 3.52. The number of pyridine rings is 1. The van der Waals surface area contributed by atoms with Gasteiger partial charge in [0.15, 0.2) is 0 Å². The van der Waals surface area contributed by atoms with Crippen molar-refractivity contribution < 1.29 is 23.8 Å². The van der Waals surface area contributed by atoms with E-state index in [-0.39, 0.29) is 17.9 Å². The van der Waals surface area contributed by atoms with Crippen LogP contribution in [-0.2, 0) is 16.1 Å². The van der Waals surface area contributed by atoms with Crippen LogP contribution in [0.3, 0.4) is 0 Å². The van der Waals surface area contributed by atoms with Crippen LogP contribution < -0.4 is 4.74 Å². The van der Waals surface area contributed by atoms with Crippen molar-refractivity contribution >= 4 is 17.4 Å². The Bertz CT molecular complexity index is 1120. The zero-order valence-electron chi connectivity index (χ0n) is 16.6. The number of ether oxygens (including phenoxy) is 1. The summed E-state index contributed by atoms with van der Waals surface area (Å²) in [6.45, 7) is 4.04. The van der Waals surface area contributed by atoms with Crippen molar-refractivity contribution in [3.05, 3.63) is 102 Å². The lowest BCUT2D eigenvalue weighted by molar-refractivity contribution is -0.140. The number of aliphatic hydroxyl groups is 1. The van der Waals surface area contributed by atoms with E-state index in [1.165, 1.54) is 11.2 Å². The van der Waals surface area contributed by atoms with Gasteiger partial charge >= 0.3 is 0 Å². The Morgan fingerprint density at radius 2 is 2.00 bits per heavy atom. The van der Waals surface area contributed by atoms with Gasteiger partial charge in [-0.05, 0) is 48.0 Å². The minimum atomic E-state index is -0.796. The fourth-order valence-electron chi connectivity index (χ4n) is 3.52. The second-order valence-corrected chi connectivity index (χ2v) is 6.92. The highest BCUT2D eigenvalue weighted by Crippen LogP contribution is 2.40. The molecular weight excluding hydrogens is 396 g/mol. The van der Waals surface area contributed by atoms with Crippen LogP contribution in [0.25, 0.3) is 5.76 Å². The molecule has 1 atom stereocenters. The Morgan fingerprint density at radius 1 is 1.19 bits per heavy atom. The molecule has 0 saturated carbocycles. The molecule has 1 aliphatic heterocycles. The molecule has 3 aromatic rings. The van der Waals surface area contributed by atoms with Crippen LogP contribution in [0.15, 0.2) is 89.8 Å². The molecule has 0 radical (unpaired) electrons. The molecule has 0 spiro atoms. The van der Waals surface area contributed by atoms with Crippen LogP contribution in [0.4, 0.5) is 0 Å². The Balaban J connectivity index is 1.77. The van der Waals surface area contributed by atoms with Crippen molar-refractivity contribution in [3.63, 3.8) is 0 Å². The Labute approximate surface area is 178 Å². The zero-order chi connectivity index (χ0) is 21.8. The summed E-state index contributed by atoms with van der Waals surface area (Å²) in [5, 5.41) is 11.0. The third-order valence-corrected chi connectivity index (χ3v) is 4.94. The second-order valence-electron chi connectivity index (χ2n) is 6.92. The highest BCUT2D eigenvalue weighted by molar-refractivity contribution is 6.46. The summed E-state index contributed by atoms with van der Waals surface area (Å²) in [4.78, 5) is 31.3. The molecule has 7 heteroatoms. The maximum atomic E-state index is 13.0. The molecule has 1 fully saturated rings. The number of likely N-dealkylation sites (tertiary alicyclic amines) is 1. The molecule has 31 heavy (non-hydrogen) atoms. The lowest BCUT2D eigenvalue weighted by atomic mass is 9.96. The lowest BCUT2D eigenvalue weighted by Gasteiger charge is -2.24. The van der Waals surface area contributed by atoms with Crippen molar-refractivity contribution in [2.45, 2.75) is 12.6 Å². The second kappa shape index (κ2) is 8.71. The average Bonchev–Trinajstić information content (AvgIpc) is 3.40. The van der Waals surface area contributed by atoms with Gasteiger partial charge in [0, 0.05) is 18.0 Å². The molecule has 0 aliphatic carbocycles. The normalized spacial score (nSPS) is 17.7. The van der Waals surface area contributed by atoms with Crippen LogP contribution in [-0.4, -0.2) is 33.3 Å². The number of ketones is 1. The predicted molar refractivity (Wildman–Crippen MR) is 113 cm³/mol. The topological polar surface area (TPSA) is 92.9 Å². The summed E-state index contributed by atoms with van der Waals surface area (Å²) in [5.74, 6) is -0.606. The van der Waals surface area contributed by atoms with Gasteiger partial charge in [-0.25, -0.2) is 0 Å². The van der Waals surface area contributed by atoms with E-state index in [9.17, 15) is 14.7 Å². The summed E-state index contributed by atoms with van der Waals surface area (Å²) in [7, 11) is 0. The first-order chi connectivity index (χ1) is 15.1. The number of hydrogen-bond acceptors (Lipinski definition) is 6. The monoisotopic (exact) mass is 416 g/mol. The van der Waals surface area contributed by atoms with Crippen LogP contribution in [0.1, 0.15) is 22.9 Å². The summed E-state index contributed by atoms with van der Waals surface area (Å²) in [5.41, 5.74) is 1.01. The number of carbonyl (C=O) groups is 2. The number of rotatable bonds is 7. The summed E-state index contributed by atoms with van der Waals surface area (Å²) >= 11 is 0. The number of benzene rings is 1. The molecule has 1 aromatic carbocycles. The molecule has 7 nitrogen and oxygen atoms in total. The molecule has 1 amide bonds. The Kier molecular flexibility index (Phi) is 5.66. The van der Waals surface area contributed by atoms with Gasteiger partial charge in [-0.15, -0.1) is 0 Å². The lowest BCUT2D eigenvalue weighted by Crippen LogP contribution is -2.29. The van der Waals surface area contributed by atoms with Crippen LogP contribution in [0, 0.1) is 0 Å². The number of furan rings is 1. The standard InChI is InChI=1S/C24H20N2O5/c1-2-12-30-18-9-7-16(8-10-18)22(27)20-21(17-5-3-11-25-14-17)26(24(29)23(20)28)15-19-6-4-13-31-19/h2-11,13-14,21,27H,1,12,15H2. The third-order valence-electron chi connectivity index (χ3n) is 4.94. The Hall–Kier alpha value is -4.13. The number of carbonyl (C=O) groups excluding carboxylic acids is 2. The molecule has 156 valence electrons. The van der Waals surface area contributed by atoms with Crippen molar-refractivity contribution in [2.24, 2.45) is 0 Å². The molecule has 1 N–H and O–H groups in total. The van der Waals surface area contributed by atoms with Crippen molar-refractivity contribution in [1.82, 2.24) is 9.88 Å². The van der Waals surface area contributed by atoms with Crippen molar-refractivity contribution in [2.75, 3.05) is 6.61 Å². The van der Waals surface area contributed by atoms with Gasteiger partial charge in [0.25, 0.3) is 11.7 Å². The van der Waals surface area contributed by atoms with E-state index in [1.54, 1.807) is 67.0 Å². The maximum absolute atomic E-state index is 13.0. The zero-order valence-corrected chi connectivity index (χ0v) is 16.6. The average molecular weight is 416 g/mol. The molecular formula is C24H20N2O5. The first-order valence-electron chi connectivity index (χ1n) is 9.65. The highest BCUT2D eigenvalue weighted by atomic mass is 16.5. The van der Waals surface area contributed by atoms with E-state index < -0.39 is 17.7 Å². The van der Waals surface area contributed by atoms with Gasteiger partial charge in [0.05, 0.1) is 24.4 Å². The van der Waals surface area contributed by atoms with Gasteiger partial charge < -0.3 is 19.2 Å². The molecule has 1 unspecified atom stereocenters. The van der Waals surface area contributed by atoms with E-state index in [0.29, 0.717) is 29.2 Å². The van der Waals surface area contributed by atoms with E-state index in [0.717, 1.165) is 0 Å². The van der Waals surface area contributed by atoms with Crippen molar-refractivity contribution in [3.8, 4) is 5.75 Å². The minimum Gasteiger partial charge on any atom is -0.507 e. The SMILES string of the molecule is C=CCOc1ccc(C(O)=C2C(=O)C(=O)N(Cc3ccco3)C2c2cccnc2)cc1. The summed E-state index contributed by atoms with van der Waals surface area (Å²) < 4.78 is 10.8. The maximum Gasteiger partial charge on any atom is 0.296 e. The van der Waals surface area contributed by atoms with Crippen LogP contribution in [0.2, 0.25) is 0 Å². The molecule has 2 aromatic heterocycles. The van der Waals surface area contributed by atoms with E-state index in [2.05, 4.69) is 11.6 Å². The molecule has 0 bridgehead atoms. The number of hydrogen-bond donors (Lipinski definition) is 1. The minimum absolute atomic E-state index is 0.00400. The fraction of sp³-hybridized carbons (Fsp3) is 0.125. The summed E-state index contributed by atoms with van der Waals surface area (Å²) in [6, 6.07) is 12.7. The van der Waals surface area contributed by atoms with E-state index in [1.807, 2.05) is 0 Å². The first kappa shape index (κ1) is 20.2. The summed E-state index contributed by atoms with van der Waals surface area (Å²) in [6.07, 6.45) is 6.30.